The zero-order valence-corrected chi connectivity index (χ0v) is 27.0. The molecule has 0 unspecified atom stereocenters. The number of hydrogen-bond acceptors (Lipinski definition) is 0. The fourth-order valence-electron chi connectivity index (χ4n) is 5.01. The molecule has 0 nitrogen and oxygen atoms in total. The summed E-state index contributed by atoms with van der Waals surface area (Å²) in [5, 5.41) is 7.17. The first-order valence-corrected chi connectivity index (χ1v) is 17.3. The molecule has 0 fully saturated rings. The molecule has 0 aromatic heterocycles. The van der Waals surface area contributed by atoms with Gasteiger partial charge in [0.25, 0.3) is 0 Å². The molecular weight excluding hydrogens is 599 g/mol. The van der Waals surface area contributed by atoms with E-state index >= 15 is 0 Å². The number of fused-ring (bicyclic) bond motifs is 3. The van der Waals surface area contributed by atoms with E-state index in [1.807, 2.05) is 0 Å². The van der Waals surface area contributed by atoms with E-state index in [-0.39, 0.29) is 24.8 Å². The van der Waals surface area contributed by atoms with Crippen molar-refractivity contribution < 1.29 is 49.0 Å². The van der Waals surface area contributed by atoms with Gasteiger partial charge in [-0.2, -0.15) is 0 Å². The Labute approximate surface area is 255 Å². The van der Waals surface area contributed by atoms with E-state index in [1.54, 1.807) is 5.19 Å². The van der Waals surface area contributed by atoms with Crippen LogP contribution in [0.3, 0.4) is 0 Å². The Hall–Kier alpha value is -2.22. The molecular formula is C34H31Cl2SiZr-. The molecule has 0 aliphatic heterocycles. The van der Waals surface area contributed by atoms with Gasteiger partial charge in [0.05, 0.1) is 8.07 Å². The number of allylic oxidation sites excluding steroid dienone is 4. The maximum absolute atomic E-state index is 2.45. The van der Waals surface area contributed by atoms with Gasteiger partial charge in [0.15, 0.2) is 0 Å². The molecule has 5 aromatic carbocycles. The van der Waals surface area contributed by atoms with Gasteiger partial charge in [-0.1, -0.05) is 84.5 Å². The van der Waals surface area contributed by atoms with Crippen LogP contribution >= 0.6 is 0 Å². The Morgan fingerprint density at radius 2 is 1.29 bits per heavy atom. The van der Waals surface area contributed by atoms with Crippen LogP contribution in [0.1, 0.15) is 23.1 Å². The van der Waals surface area contributed by atoms with Crippen LogP contribution in [-0.2, 0) is 24.2 Å². The van der Waals surface area contributed by atoms with Gasteiger partial charge in [0.1, 0.15) is 0 Å². The standard InChI is InChI=1S/C21H21Si.C13H10.2ClH.Zr/c1-22(2,3)20-13-12-18-17-11-7-6-10-16(17)14-19(18)21(20)15-8-4-5-9-15;1-3-7-12(8-4-1)11-13-9-5-2-6-10-13;;;/h4-8,10-14H,9H2,1-3H3;1-10H;2*1H;/q-1;;;;+2/p-2. The van der Waals surface area contributed by atoms with E-state index in [4.69, 9.17) is 0 Å². The second kappa shape index (κ2) is 13.2. The van der Waals surface area contributed by atoms with Gasteiger partial charge in [-0.15, -0.1) is 33.7 Å². The number of rotatable bonds is 4. The first kappa shape index (κ1) is 30.3. The molecule has 190 valence electrons. The van der Waals surface area contributed by atoms with Gasteiger partial charge in [-0.3, -0.25) is 0 Å². The average Bonchev–Trinajstić information content (AvgIpc) is 3.57. The topological polar surface area (TPSA) is 0 Å². The summed E-state index contributed by atoms with van der Waals surface area (Å²) in [7, 11) is -1.38. The molecule has 4 heteroatoms. The fourth-order valence-corrected chi connectivity index (χ4v) is 7.46. The molecule has 0 saturated carbocycles. The van der Waals surface area contributed by atoms with Crippen molar-refractivity contribution in [1.82, 2.24) is 0 Å². The molecule has 38 heavy (non-hydrogen) atoms. The molecule has 0 amide bonds. The van der Waals surface area contributed by atoms with Crippen LogP contribution in [0, 0.1) is 0 Å². The van der Waals surface area contributed by atoms with Crippen LogP contribution in [-0.4, -0.2) is 11.3 Å². The third-order valence-electron chi connectivity index (χ3n) is 6.82. The number of halogens is 2. The molecule has 0 N–H and O–H groups in total. The van der Waals surface area contributed by atoms with Crippen molar-refractivity contribution in [2.45, 2.75) is 26.1 Å². The van der Waals surface area contributed by atoms with E-state index in [0.717, 1.165) is 6.42 Å². The summed E-state index contributed by atoms with van der Waals surface area (Å²) in [5.74, 6) is 0. The molecule has 0 atom stereocenters. The molecule has 0 spiro atoms. The Morgan fingerprint density at radius 3 is 1.84 bits per heavy atom. The van der Waals surface area contributed by atoms with Crippen molar-refractivity contribution in [3.63, 3.8) is 0 Å². The minimum atomic E-state index is -1.38. The molecule has 1 aliphatic rings. The quantitative estimate of drug-likeness (QED) is 0.212. The van der Waals surface area contributed by atoms with Crippen LogP contribution in [0.5, 0.6) is 0 Å². The molecule has 0 heterocycles. The summed E-state index contributed by atoms with van der Waals surface area (Å²) in [4.78, 5) is 0. The minimum absolute atomic E-state index is 0. The fraction of sp³-hybridized carbons (Fsp3) is 0.118. The first-order chi connectivity index (χ1) is 17.4. The first-order valence-electron chi connectivity index (χ1n) is 12.6. The molecule has 0 radical (unpaired) electrons. The molecule has 0 saturated heterocycles. The van der Waals surface area contributed by atoms with Crippen molar-refractivity contribution in [1.29, 1.82) is 0 Å². The van der Waals surface area contributed by atoms with E-state index in [0.29, 0.717) is 0 Å². The Kier molecular flexibility index (Phi) is 10.6. The number of hydrogen-bond donors (Lipinski definition) is 0. The maximum atomic E-state index is 2.45. The summed E-state index contributed by atoms with van der Waals surface area (Å²) >= 11 is 1.46. The van der Waals surface area contributed by atoms with Crippen molar-refractivity contribution in [3.8, 4) is 0 Å². The summed E-state index contributed by atoms with van der Waals surface area (Å²) in [6.07, 6.45) is 7.84. The van der Waals surface area contributed by atoms with Crippen LogP contribution in [0.2, 0.25) is 19.6 Å². The third kappa shape index (κ3) is 6.49. The van der Waals surface area contributed by atoms with Gasteiger partial charge >= 0.3 is 99.2 Å². The van der Waals surface area contributed by atoms with Gasteiger partial charge < -0.3 is 24.8 Å². The third-order valence-corrected chi connectivity index (χ3v) is 10.3. The SMILES string of the molecule is C[Si](C)(C)c1ccc2c([cH-]c3ccccc32)c1C1=CC=CC1.[Cl-].[Cl-].[Zr+2]=[C](c1ccccc1)c1ccccc1. The van der Waals surface area contributed by atoms with Crippen molar-refractivity contribution in [2.75, 3.05) is 0 Å². The predicted octanol–water partition coefficient (Wildman–Crippen LogP) is 2.41. The summed E-state index contributed by atoms with van der Waals surface area (Å²) in [6, 6.07) is 37.0. The van der Waals surface area contributed by atoms with E-state index in [1.165, 1.54) is 71.2 Å². The second-order valence-electron chi connectivity index (χ2n) is 10.4. The molecule has 0 bridgehead atoms. The molecule has 5 aromatic rings. The van der Waals surface area contributed by atoms with Gasteiger partial charge in [0.2, 0.25) is 0 Å². The molecule has 1 aliphatic carbocycles. The van der Waals surface area contributed by atoms with Crippen LogP contribution in [0.4, 0.5) is 0 Å². The van der Waals surface area contributed by atoms with Crippen molar-refractivity contribution in [2.24, 2.45) is 0 Å². The monoisotopic (exact) mass is 627 g/mol. The Morgan fingerprint density at radius 1 is 0.711 bits per heavy atom. The average molecular weight is 630 g/mol. The zero-order chi connectivity index (χ0) is 25.1. The summed E-state index contributed by atoms with van der Waals surface area (Å²) in [5.41, 5.74) is 5.66. The van der Waals surface area contributed by atoms with Crippen molar-refractivity contribution in [3.05, 3.63) is 138 Å². The van der Waals surface area contributed by atoms with Crippen LogP contribution in [0.15, 0.2) is 121 Å². The summed E-state index contributed by atoms with van der Waals surface area (Å²) < 4.78 is 1.42. The predicted molar refractivity (Wildman–Crippen MR) is 158 cm³/mol. The van der Waals surface area contributed by atoms with Gasteiger partial charge in [-0.05, 0) is 6.42 Å². The van der Waals surface area contributed by atoms with E-state index in [2.05, 4.69) is 141 Å². The van der Waals surface area contributed by atoms with Crippen molar-refractivity contribution >= 4 is 43.6 Å². The second-order valence-corrected chi connectivity index (χ2v) is 16.6. The van der Waals surface area contributed by atoms with Crippen LogP contribution in [0.25, 0.3) is 27.1 Å². The number of benzene rings is 4. The normalized spacial score (nSPS) is 12.3. The zero-order valence-electron chi connectivity index (χ0n) is 22.0. The van der Waals surface area contributed by atoms with Gasteiger partial charge in [-0.25, -0.2) is 0 Å². The molecule has 6 rings (SSSR count). The Balaban J connectivity index is 0.000000219. The van der Waals surface area contributed by atoms with E-state index < -0.39 is 8.07 Å². The van der Waals surface area contributed by atoms with Gasteiger partial charge in [0, 0.05) is 0 Å². The Bertz CT molecular complexity index is 1550. The van der Waals surface area contributed by atoms with Crippen LogP contribution < -0.4 is 30.0 Å². The van der Waals surface area contributed by atoms with E-state index in [9.17, 15) is 0 Å². The summed E-state index contributed by atoms with van der Waals surface area (Å²) in [6.45, 7) is 7.34.